The van der Waals surface area contributed by atoms with Gasteiger partial charge in [-0.15, -0.1) is 35.6 Å². The fourth-order valence-electron chi connectivity index (χ4n) is 1.23. The van der Waals surface area contributed by atoms with E-state index in [0.29, 0.717) is 5.88 Å². The van der Waals surface area contributed by atoms with Crippen molar-refractivity contribution >= 4 is 61.6 Å². The lowest BCUT2D eigenvalue weighted by molar-refractivity contribution is 1.31. The van der Waals surface area contributed by atoms with Crippen molar-refractivity contribution in [3.63, 3.8) is 0 Å². The fraction of sp³-hybridized carbons (Fsp3) is 0.111. The third-order valence-corrected chi connectivity index (χ3v) is 4.57. The average molecular weight is 294 g/mol. The van der Waals surface area contributed by atoms with E-state index in [1.54, 1.807) is 11.3 Å². The minimum absolute atomic E-state index is 0.511. The lowest BCUT2D eigenvalue weighted by Crippen LogP contribution is -1.80. The molecule has 2 aromatic rings. The van der Waals surface area contributed by atoms with Crippen LogP contribution >= 0.6 is 51.5 Å². The van der Waals surface area contributed by atoms with Crippen molar-refractivity contribution in [1.82, 2.24) is 0 Å². The molecule has 0 aliphatic carbocycles. The topological polar surface area (TPSA) is 0 Å². The molecule has 68 valence electrons. The van der Waals surface area contributed by atoms with Crippen LogP contribution in [0.4, 0.5) is 0 Å². The lowest BCUT2D eigenvalue weighted by atomic mass is 10.2. The number of hydrogen-bond acceptors (Lipinski definition) is 2. The summed E-state index contributed by atoms with van der Waals surface area (Å²) in [7, 11) is 0. The molecule has 0 unspecified atom stereocenters. The minimum atomic E-state index is 0.511. The highest BCUT2D eigenvalue weighted by Crippen LogP contribution is 2.36. The second-order valence-electron chi connectivity index (χ2n) is 2.66. The fourth-order valence-corrected chi connectivity index (χ4v) is 3.81. The summed E-state index contributed by atoms with van der Waals surface area (Å²) in [6.45, 7) is 0. The van der Waals surface area contributed by atoms with Crippen LogP contribution in [0.15, 0.2) is 26.9 Å². The molecule has 1 aromatic heterocycles. The summed E-state index contributed by atoms with van der Waals surface area (Å²) >= 11 is 15.5. The number of rotatable bonds is 1. The Morgan fingerprint density at radius 1 is 1.46 bits per heavy atom. The molecule has 0 N–H and O–H groups in total. The first-order valence-electron chi connectivity index (χ1n) is 3.67. The first-order valence-corrected chi connectivity index (χ1v) is 6.33. The summed E-state index contributed by atoms with van der Waals surface area (Å²) in [6, 6.07) is 4.11. The van der Waals surface area contributed by atoms with Gasteiger partial charge >= 0.3 is 0 Å². The van der Waals surface area contributed by atoms with E-state index >= 15 is 0 Å². The maximum Gasteiger partial charge on any atom is 0.0485 e. The van der Waals surface area contributed by atoms with Gasteiger partial charge in [0, 0.05) is 30.7 Å². The van der Waals surface area contributed by atoms with Gasteiger partial charge in [-0.25, -0.2) is 0 Å². The molecular formula is C9H6BrClS2. The lowest BCUT2D eigenvalue weighted by Gasteiger charge is -2.02. The average Bonchev–Trinajstić information content (AvgIpc) is 2.49. The van der Waals surface area contributed by atoms with E-state index in [1.807, 2.05) is 6.07 Å². The monoisotopic (exact) mass is 292 g/mol. The van der Waals surface area contributed by atoms with Crippen LogP contribution in [-0.4, -0.2) is 0 Å². The van der Waals surface area contributed by atoms with Crippen molar-refractivity contribution < 1.29 is 0 Å². The van der Waals surface area contributed by atoms with Crippen molar-refractivity contribution in [1.29, 1.82) is 0 Å². The van der Waals surface area contributed by atoms with Crippen molar-refractivity contribution in [2.24, 2.45) is 0 Å². The number of benzene rings is 1. The van der Waals surface area contributed by atoms with E-state index in [4.69, 9.17) is 11.6 Å². The van der Waals surface area contributed by atoms with E-state index in [9.17, 15) is 0 Å². The zero-order valence-electron chi connectivity index (χ0n) is 6.55. The Labute approximate surface area is 99.4 Å². The predicted molar refractivity (Wildman–Crippen MR) is 66.3 cm³/mol. The maximum atomic E-state index is 5.79. The summed E-state index contributed by atoms with van der Waals surface area (Å²) < 4.78 is 2.34. The second-order valence-corrected chi connectivity index (χ2v) is 5.14. The van der Waals surface area contributed by atoms with E-state index in [-0.39, 0.29) is 0 Å². The molecule has 0 aliphatic heterocycles. The Kier molecular flexibility index (Phi) is 2.88. The maximum absolute atomic E-state index is 5.79. The molecule has 0 spiro atoms. The molecule has 4 heteroatoms. The van der Waals surface area contributed by atoms with Crippen LogP contribution in [-0.2, 0) is 5.88 Å². The van der Waals surface area contributed by atoms with Gasteiger partial charge in [0.25, 0.3) is 0 Å². The Morgan fingerprint density at radius 3 is 2.92 bits per heavy atom. The van der Waals surface area contributed by atoms with Gasteiger partial charge in [0.15, 0.2) is 0 Å². The molecule has 0 nitrogen and oxygen atoms in total. The zero-order valence-corrected chi connectivity index (χ0v) is 10.6. The molecule has 0 fully saturated rings. The Bertz CT molecular complexity index is 450. The van der Waals surface area contributed by atoms with Crippen LogP contribution in [0.2, 0.25) is 0 Å². The Balaban J connectivity index is 2.83. The quantitative estimate of drug-likeness (QED) is 0.572. The van der Waals surface area contributed by atoms with E-state index in [1.165, 1.54) is 10.1 Å². The van der Waals surface area contributed by atoms with E-state index in [0.717, 1.165) is 14.9 Å². The van der Waals surface area contributed by atoms with Gasteiger partial charge in [0.2, 0.25) is 0 Å². The molecule has 1 heterocycles. The first kappa shape index (κ1) is 9.84. The van der Waals surface area contributed by atoms with Crippen LogP contribution in [0.5, 0.6) is 0 Å². The zero-order chi connectivity index (χ0) is 9.42. The standard InChI is InChI=1S/C9H6BrClS2/c10-6-4-13-7-2-1-5(3-11)9(12)8(6)7/h1-2,4,12H,3H2. The first-order chi connectivity index (χ1) is 6.24. The summed E-state index contributed by atoms with van der Waals surface area (Å²) in [4.78, 5) is 0.987. The van der Waals surface area contributed by atoms with Gasteiger partial charge in [-0.3, -0.25) is 0 Å². The number of alkyl halides is 1. The molecular weight excluding hydrogens is 288 g/mol. The number of hydrogen-bond donors (Lipinski definition) is 1. The predicted octanol–water partition coefficient (Wildman–Crippen LogP) is 4.69. The summed E-state index contributed by atoms with van der Waals surface area (Å²) in [6.07, 6.45) is 0. The van der Waals surface area contributed by atoms with Gasteiger partial charge in [-0.05, 0) is 27.6 Å². The van der Waals surface area contributed by atoms with Crippen molar-refractivity contribution in [3.8, 4) is 0 Å². The third kappa shape index (κ3) is 1.63. The third-order valence-electron chi connectivity index (χ3n) is 1.90. The normalized spacial score (nSPS) is 11.0. The molecule has 0 amide bonds. The summed E-state index contributed by atoms with van der Waals surface area (Å²) in [5.41, 5.74) is 1.08. The van der Waals surface area contributed by atoms with E-state index in [2.05, 4.69) is 40.0 Å². The molecule has 0 atom stereocenters. The highest BCUT2D eigenvalue weighted by molar-refractivity contribution is 9.10. The van der Waals surface area contributed by atoms with Gasteiger partial charge in [-0.1, -0.05) is 6.07 Å². The molecule has 0 radical (unpaired) electrons. The molecule has 0 saturated heterocycles. The van der Waals surface area contributed by atoms with Crippen LogP contribution in [0.1, 0.15) is 5.56 Å². The summed E-state index contributed by atoms with van der Waals surface area (Å²) in [5.74, 6) is 0.511. The van der Waals surface area contributed by atoms with Crippen molar-refractivity contribution in [2.75, 3.05) is 0 Å². The van der Waals surface area contributed by atoms with Gasteiger partial charge in [-0.2, -0.15) is 0 Å². The molecule has 2 rings (SSSR count). The Hall–Kier alpha value is 0.300. The van der Waals surface area contributed by atoms with Gasteiger partial charge in [0.1, 0.15) is 0 Å². The summed E-state index contributed by atoms with van der Waals surface area (Å²) in [5, 5.41) is 3.24. The number of fused-ring (bicyclic) bond motifs is 1. The molecule has 0 aliphatic rings. The SMILES string of the molecule is Sc1c(CCl)ccc2scc(Br)c12. The number of thiophene rings is 1. The highest BCUT2D eigenvalue weighted by atomic mass is 79.9. The van der Waals surface area contributed by atoms with Crippen molar-refractivity contribution in [2.45, 2.75) is 10.8 Å². The van der Waals surface area contributed by atoms with Crippen LogP contribution in [0.25, 0.3) is 10.1 Å². The number of halogens is 2. The van der Waals surface area contributed by atoms with Crippen LogP contribution in [0.3, 0.4) is 0 Å². The highest BCUT2D eigenvalue weighted by Gasteiger charge is 2.08. The number of thiol groups is 1. The molecule has 13 heavy (non-hydrogen) atoms. The molecule has 0 bridgehead atoms. The minimum Gasteiger partial charge on any atom is -0.143 e. The smallest absolute Gasteiger partial charge is 0.0485 e. The second kappa shape index (κ2) is 3.81. The van der Waals surface area contributed by atoms with E-state index < -0.39 is 0 Å². The Morgan fingerprint density at radius 2 is 2.23 bits per heavy atom. The molecule has 1 aromatic carbocycles. The van der Waals surface area contributed by atoms with Crippen LogP contribution in [0, 0.1) is 0 Å². The van der Waals surface area contributed by atoms with Gasteiger partial charge < -0.3 is 0 Å². The molecule has 0 saturated carbocycles. The van der Waals surface area contributed by atoms with Crippen molar-refractivity contribution in [3.05, 3.63) is 27.5 Å². The van der Waals surface area contributed by atoms with Gasteiger partial charge in [0.05, 0.1) is 0 Å². The van der Waals surface area contributed by atoms with Crippen LogP contribution < -0.4 is 0 Å². The largest absolute Gasteiger partial charge is 0.143 e.